The van der Waals surface area contributed by atoms with E-state index in [0.717, 1.165) is 13.0 Å². The molecule has 0 aromatic carbocycles. The molecule has 28 heavy (non-hydrogen) atoms. The second-order valence-corrected chi connectivity index (χ2v) is 7.13. The second-order valence-electron chi connectivity index (χ2n) is 7.13. The van der Waals surface area contributed by atoms with Crippen molar-refractivity contribution in [3.05, 3.63) is 53.0 Å². The molecule has 2 aromatic rings. The molecule has 150 valence electrons. The van der Waals surface area contributed by atoms with Gasteiger partial charge in [0.05, 0.1) is 18.5 Å². The summed E-state index contributed by atoms with van der Waals surface area (Å²) in [6.45, 7) is 1.30. The molecule has 0 spiro atoms. The Balaban J connectivity index is 1.46. The van der Waals surface area contributed by atoms with Crippen molar-refractivity contribution in [2.45, 2.75) is 38.0 Å². The Morgan fingerprint density at radius 3 is 2.86 bits per heavy atom. The zero-order valence-electron chi connectivity index (χ0n) is 15.7. The number of carbonyl (C=O) groups is 2. The Labute approximate surface area is 162 Å². The average Bonchev–Trinajstić information content (AvgIpc) is 3.31. The van der Waals surface area contributed by atoms with Gasteiger partial charge in [-0.1, -0.05) is 0 Å². The van der Waals surface area contributed by atoms with Crippen LogP contribution in [0.5, 0.6) is 0 Å². The molecule has 0 radical (unpaired) electrons. The summed E-state index contributed by atoms with van der Waals surface area (Å²) in [5.41, 5.74) is -0.0460. The van der Waals surface area contributed by atoms with E-state index in [1.165, 1.54) is 16.8 Å². The molecule has 2 aromatic heterocycles. The molecular formula is C19H25N5O4. The van der Waals surface area contributed by atoms with Gasteiger partial charge < -0.3 is 24.9 Å². The fourth-order valence-electron chi connectivity index (χ4n) is 3.36. The van der Waals surface area contributed by atoms with Crippen LogP contribution >= 0.6 is 0 Å². The first-order chi connectivity index (χ1) is 13.4. The lowest BCUT2D eigenvalue weighted by molar-refractivity contribution is -0.125. The molecule has 1 aliphatic rings. The first-order valence-electron chi connectivity index (χ1n) is 9.33. The van der Waals surface area contributed by atoms with Crippen molar-refractivity contribution in [2.75, 3.05) is 6.54 Å². The molecule has 1 fully saturated rings. The SMILES string of the molecule is Cn1ccc(C(=O)N[C@H]2C[C@H](C(=O)NCCCn3ccnc3)C[C@@H]2O)cc1=O. The van der Waals surface area contributed by atoms with E-state index in [2.05, 4.69) is 15.6 Å². The van der Waals surface area contributed by atoms with E-state index in [4.69, 9.17) is 0 Å². The summed E-state index contributed by atoms with van der Waals surface area (Å²) in [6, 6.07) is 2.28. The van der Waals surface area contributed by atoms with Gasteiger partial charge in [-0.3, -0.25) is 14.4 Å². The van der Waals surface area contributed by atoms with Crippen molar-refractivity contribution in [2.24, 2.45) is 13.0 Å². The van der Waals surface area contributed by atoms with Crippen LogP contribution in [0, 0.1) is 5.92 Å². The predicted molar refractivity (Wildman–Crippen MR) is 102 cm³/mol. The highest BCUT2D eigenvalue weighted by Crippen LogP contribution is 2.26. The molecule has 1 aliphatic carbocycles. The zero-order valence-corrected chi connectivity index (χ0v) is 15.7. The standard InChI is InChI=1S/C19H25N5O4/c1-23-7-3-13(11-17(23)26)19(28)22-15-9-14(10-16(15)25)18(27)21-4-2-6-24-8-5-20-12-24/h3,5,7-8,11-12,14-16,25H,2,4,6,9-10H2,1H3,(H,21,27)(H,22,28)/t14-,15-,16-/m0/s1. The van der Waals surface area contributed by atoms with Crippen molar-refractivity contribution in [1.29, 1.82) is 0 Å². The lowest BCUT2D eigenvalue weighted by atomic mass is 10.1. The Hall–Kier alpha value is -2.94. The second kappa shape index (κ2) is 8.83. The number of nitrogens with one attached hydrogen (secondary N) is 2. The van der Waals surface area contributed by atoms with Gasteiger partial charge in [0.1, 0.15) is 0 Å². The minimum Gasteiger partial charge on any atom is -0.391 e. The predicted octanol–water partition coefficient (Wildman–Crippen LogP) is -0.342. The molecule has 9 heteroatoms. The molecule has 0 unspecified atom stereocenters. The van der Waals surface area contributed by atoms with Crippen molar-refractivity contribution in [1.82, 2.24) is 24.8 Å². The highest BCUT2D eigenvalue weighted by atomic mass is 16.3. The minimum atomic E-state index is -0.794. The molecule has 3 atom stereocenters. The van der Waals surface area contributed by atoms with Crippen LogP contribution in [0.25, 0.3) is 0 Å². The quantitative estimate of drug-likeness (QED) is 0.562. The van der Waals surface area contributed by atoms with Gasteiger partial charge in [-0.15, -0.1) is 0 Å². The smallest absolute Gasteiger partial charge is 0.251 e. The average molecular weight is 387 g/mol. The third-order valence-electron chi connectivity index (χ3n) is 5.03. The molecule has 0 saturated heterocycles. The number of hydrogen-bond acceptors (Lipinski definition) is 5. The number of amides is 2. The third-order valence-corrected chi connectivity index (χ3v) is 5.03. The van der Waals surface area contributed by atoms with Crippen LogP contribution in [0.3, 0.4) is 0 Å². The van der Waals surface area contributed by atoms with Crippen molar-refractivity contribution < 1.29 is 14.7 Å². The number of carbonyl (C=O) groups excluding carboxylic acids is 2. The molecule has 2 amide bonds. The number of aliphatic hydroxyl groups is 1. The molecule has 2 heterocycles. The van der Waals surface area contributed by atoms with Gasteiger partial charge in [0.2, 0.25) is 5.91 Å². The van der Waals surface area contributed by atoms with Gasteiger partial charge in [0.25, 0.3) is 11.5 Å². The van der Waals surface area contributed by atoms with E-state index in [9.17, 15) is 19.5 Å². The van der Waals surface area contributed by atoms with Gasteiger partial charge in [-0.25, -0.2) is 4.98 Å². The van der Waals surface area contributed by atoms with Gasteiger partial charge >= 0.3 is 0 Å². The number of rotatable bonds is 7. The summed E-state index contributed by atoms with van der Waals surface area (Å²) in [7, 11) is 1.60. The van der Waals surface area contributed by atoms with Crippen molar-refractivity contribution >= 4 is 11.8 Å². The first kappa shape index (κ1) is 19.8. The lowest BCUT2D eigenvalue weighted by Crippen LogP contribution is -2.40. The summed E-state index contributed by atoms with van der Waals surface area (Å²) < 4.78 is 3.31. The number of hydrogen-bond donors (Lipinski definition) is 3. The number of nitrogens with zero attached hydrogens (tertiary/aromatic N) is 3. The Bertz CT molecular complexity index is 877. The number of imidazole rings is 1. The topological polar surface area (TPSA) is 118 Å². The van der Waals surface area contributed by atoms with E-state index in [1.54, 1.807) is 25.6 Å². The largest absolute Gasteiger partial charge is 0.391 e. The van der Waals surface area contributed by atoms with Crippen molar-refractivity contribution in [3.63, 3.8) is 0 Å². The molecule has 9 nitrogen and oxygen atoms in total. The molecule has 0 bridgehead atoms. The van der Waals surface area contributed by atoms with Gasteiger partial charge in [-0.05, 0) is 25.3 Å². The maximum atomic E-state index is 12.3. The zero-order chi connectivity index (χ0) is 20.1. The Morgan fingerprint density at radius 1 is 1.32 bits per heavy atom. The van der Waals surface area contributed by atoms with E-state index in [0.29, 0.717) is 19.4 Å². The molecule has 0 aliphatic heterocycles. The van der Waals surface area contributed by atoms with Crippen LogP contribution < -0.4 is 16.2 Å². The Kier molecular flexibility index (Phi) is 6.25. The number of aryl methyl sites for hydroxylation is 2. The van der Waals surface area contributed by atoms with Crippen LogP contribution in [-0.2, 0) is 18.4 Å². The van der Waals surface area contributed by atoms with Gasteiger partial charge in [0, 0.05) is 56.3 Å². The number of aromatic nitrogens is 3. The van der Waals surface area contributed by atoms with E-state index in [1.807, 2.05) is 10.8 Å². The van der Waals surface area contributed by atoms with E-state index in [-0.39, 0.29) is 22.9 Å². The lowest BCUT2D eigenvalue weighted by Gasteiger charge is -2.16. The molecule has 3 N–H and O–H groups in total. The third kappa shape index (κ3) is 4.86. The number of aliphatic hydroxyl groups excluding tert-OH is 1. The fraction of sp³-hybridized carbons (Fsp3) is 0.474. The maximum absolute atomic E-state index is 12.3. The number of pyridine rings is 1. The summed E-state index contributed by atoms with van der Waals surface area (Å²) in [4.78, 5) is 40.3. The Morgan fingerprint density at radius 2 is 2.14 bits per heavy atom. The normalized spacial score (nSPS) is 21.4. The minimum absolute atomic E-state index is 0.116. The molecule has 1 saturated carbocycles. The summed E-state index contributed by atoms with van der Waals surface area (Å²) in [5, 5.41) is 15.8. The van der Waals surface area contributed by atoms with Crippen LogP contribution in [0.2, 0.25) is 0 Å². The van der Waals surface area contributed by atoms with E-state index >= 15 is 0 Å². The monoisotopic (exact) mass is 387 g/mol. The van der Waals surface area contributed by atoms with E-state index < -0.39 is 18.1 Å². The van der Waals surface area contributed by atoms with Crippen LogP contribution in [0.1, 0.15) is 29.6 Å². The highest BCUT2D eigenvalue weighted by Gasteiger charge is 2.37. The van der Waals surface area contributed by atoms with Gasteiger partial charge in [-0.2, -0.15) is 0 Å². The highest BCUT2D eigenvalue weighted by molar-refractivity contribution is 5.94. The fourth-order valence-corrected chi connectivity index (χ4v) is 3.36. The molecular weight excluding hydrogens is 362 g/mol. The summed E-state index contributed by atoms with van der Waals surface area (Å²) in [6.07, 6.45) is 7.47. The summed E-state index contributed by atoms with van der Waals surface area (Å²) >= 11 is 0. The maximum Gasteiger partial charge on any atom is 0.251 e. The first-order valence-corrected chi connectivity index (χ1v) is 9.33. The van der Waals surface area contributed by atoms with Crippen molar-refractivity contribution in [3.8, 4) is 0 Å². The van der Waals surface area contributed by atoms with Crippen LogP contribution in [-0.4, -0.2) is 49.7 Å². The summed E-state index contributed by atoms with van der Waals surface area (Å²) in [5.74, 6) is -0.893. The van der Waals surface area contributed by atoms with Gasteiger partial charge in [0.15, 0.2) is 0 Å². The molecule has 3 rings (SSSR count). The van der Waals surface area contributed by atoms with Crippen LogP contribution in [0.15, 0.2) is 41.8 Å². The van der Waals surface area contributed by atoms with Crippen LogP contribution in [0.4, 0.5) is 0 Å².